The average molecular weight is 499 g/mol. The summed E-state index contributed by atoms with van der Waals surface area (Å²) in [5, 5.41) is 0.886. The maximum Gasteiger partial charge on any atom is 0.327 e. The van der Waals surface area contributed by atoms with Gasteiger partial charge in [-0.05, 0) is 48.0 Å². The molecule has 10 heteroatoms. The highest BCUT2D eigenvalue weighted by atomic mass is 35.5. The molecule has 1 saturated heterocycles. The van der Waals surface area contributed by atoms with Gasteiger partial charge in [0.15, 0.2) is 5.65 Å². The van der Waals surface area contributed by atoms with E-state index in [1.54, 1.807) is 58.0 Å². The third kappa shape index (κ3) is 4.65. The fraction of sp³-hybridized carbons (Fsp3) is 0.208. The number of ether oxygens (including phenoxy) is 2. The van der Waals surface area contributed by atoms with Crippen LogP contribution in [0.4, 0.5) is 0 Å². The fourth-order valence-corrected chi connectivity index (χ4v) is 4.11. The highest BCUT2D eigenvalue weighted by molar-refractivity contribution is 6.42. The largest absolute Gasteiger partial charge is 0.439 e. The summed E-state index contributed by atoms with van der Waals surface area (Å²) in [6.45, 7) is 2.60. The molecule has 4 aromatic rings. The number of halogens is 2. The van der Waals surface area contributed by atoms with E-state index in [2.05, 4.69) is 9.97 Å². The first kappa shape index (κ1) is 22.5. The second kappa shape index (κ2) is 9.50. The molecule has 0 radical (unpaired) electrons. The van der Waals surface area contributed by atoms with Crippen LogP contribution in [0, 0.1) is 0 Å². The van der Waals surface area contributed by atoms with Crippen molar-refractivity contribution < 1.29 is 14.3 Å². The highest BCUT2D eigenvalue weighted by Crippen LogP contribution is 2.25. The number of H-pyrrole nitrogens is 1. The third-order valence-electron chi connectivity index (χ3n) is 5.56. The van der Waals surface area contributed by atoms with Crippen molar-refractivity contribution in [2.75, 3.05) is 26.3 Å². The predicted octanol–water partition coefficient (Wildman–Crippen LogP) is 4.34. The summed E-state index contributed by atoms with van der Waals surface area (Å²) in [5.41, 5.74) is 2.17. The molecule has 0 bridgehead atoms. The van der Waals surface area contributed by atoms with E-state index in [0.29, 0.717) is 71.3 Å². The van der Waals surface area contributed by atoms with E-state index >= 15 is 0 Å². The first-order valence-electron chi connectivity index (χ1n) is 10.7. The van der Waals surface area contributed by atoms with E-state index in [1.165, 1.54) is 0 Å². The van der Waals surface area contributed by atoms with Crippen LogP contribution in [0.25, 0.3) is 11.2 Å². The molecule has 1 aliphatic rings. The topological polar surface area (TPSA) is 89.4 Å². The number of aromatic amines is 1. The van der Waals surface area contributed by atoms with Crippen molar-refractivity contribution in [3.8, 4) is 11.6 Å². The first-order chi connectivity index (χ1) is 16.5. The molecule has 2 aromatic heterocycles. The monoisotopic (exact) mass is 498 g/mol. The van der Waals surface area contributed by atoms with Crippen LogP contribution in [0.2, 0.25) is 10.0 Å². The standard InChI is InChI=1S/C24H20Cl2N4O4/c25-18-6-1-15(13-19(18)26)14-30-20-7-8-21(27-22(20)28-24(30)32)34-17-4-2-16(3-5-17)23(31)29-9-11-33-12-10-29/h1-8,13H,9-12,14H2,(H,27,28,32). The molecule has 0 atom stereocenters. The van der Waals surface area contributed by atoms with E-state index in [9.17, 15) is 9.59 Å². The number of carbonyl (C=O) groups is 1. The molecule has 174 valence electrons. The van der Waals surface area contributed by atoms with Crippen molar-refractivity contribution in [3.05, 3.63) is 86.3 Å². The van der Waals surface area contributed by atoms with Crippen molar-refractivity contribution in [3.63, 3.8) is 0 Å². The van der Waals surface area contributed by atoms with Crippen LogP contribution >= 0.6 is 23.2 Å². The quantitative estimate of drug-likeness (QED) is 0.441. The molecule has 1 fully saturated rings. The summed E-state index contributed by atoms with van der Waals surface area (Å²) >= 11 is 12.1. The Bertz CT molecular complexity index is 1410. The molecular formula is C24H20Cl2N4O4. The number of imidazole rings is 1. The number of rotatable bonds is 5. The van der Waals surface area contributed by atoms with Crippen molar-refractivity contribution in [1.29, 1.82) is 0 Å². The molecule has 3 heterocycles. The number of amides is 1. The molecule has 1 aliphatic heterocycles. The Labute approximate surface area is 204 Å². The molecular weight excluding hydrogens is 479 g/mol. The Balaban J connectivity index is 1.32. The molecule has 0 spiro atoms. The van der Waals surface area contributed by atoms with E-state index in [0.717, 1.165) is 5.56 Å². The van der Waals surface area contributed by atoms with Crippen LogP contribution < -0.4 is 10.4 Å². The van der Waals surface area contributed by atoms with E-state index in [-0.39, 0.29) is 11.6 Å². The zero-order valence-electron chi connectivity index (χ0n) is 18.0. The summed E-state index contributed by atoms with van der Waals surface area (Å²) in [5.74, 6) is 0.820. The number of benzene rings is 2. The van der Waals surface area contributed by atoms with Gasteiger partial charge in [0, 0.05) is 24.7 Å². The number of aromatic nitrogens is 3. The minimum absolute atomic E-state index is 0.0321. The van der Waals surface area contributed by atoms with Crippen LogP contribution in [0.3, 0.4) is 0 Å². The lowest BCUT2D eigenvalue weighted by atomic mass is 10.2. The second-order valence-corrected chi connectivity index (χ2v) is 8.63. The van der Waals surface area contributed by atoms with Crippen LogP contribution in [0.15, 0.2) is 59.4 Å². The lowest BCUT2D eigenvalue weighted by molar-refractivity contribution is 0.0303. The minimum atomic E-state index is -0.295. The van der Waals surface area contributed by atoms with Gasteiger partial charge in [-0.1, -0.05) is 29.3 Å². The smallest absolute Gasteiger partial charge is 0.327 e. The number of fused-ring (bicyclic) bond motifs is 1. The van der Waals surface area contributed by atoms with E-state index in [1.807, 2.05) is 6.07 Å². The molecule has 5 rings (SSSR count). The molecule has 0 aliphatic carbocycles. The summed E-state index contributed by atoms with van der Waals surface area (Å²) in [4.78, 5) is 34.1. The molecule has 1 amide bonds. The normalized spacial score (nSPS) is 13.9. The van der Waals surface area contributed by atoms with Gasteiger partial charge in [0.05, 0.1) is 35.3 Å². The number of carbonyl (C=O) groups excluding carboxylic acids is 1. The minimum Gasteiger partial charge on any atom is -0.439 e. The Kier molecular flexibility index (Phi) is 6.28. The van der Waals surface area contributed by atoms with Crippen LogP contribution in [-0.2, 0) is 11.3 Å². The van der Waals surface area contributed by atoms with Crippen LogP contribution in [0.5, 0.6) is 11.6 Å². The molecule has 2 aromatic carbocycles. The van der Waals surface area contributed by atoms with Crippen LogP contribution in [-0.4, -0.2) is 51.6 Å². The predicted molar refractivity (Wildman–Crippen MR) is 129 cm³/mol. The lowest BCUT2D eigenvalue weighted by Crippen LogP contribution is -2.40. The van der Waals surface area contributed by atoms with Gasteiger partial charge in [-0.15, -0.1) is 0 Å². The van der Waals surface area contributed by atoms with Gasteiger partial charge in [-0.2, -0.15) is 4.98 Å². The molecule has 0 saturated carbocycles. The molecule has 34 heavy (non-hydrogen) atoms. The van der Waals surface area contributed by atoms with Gasteiger partial charge in [0.25, 0.3) is 5.91 Å². The highest BCUT2D eigenvalue weighted by Gasteiger charge is 2.18. The number of nitrogens with one attached hydrogen (secondary N) is 1. The zero-order valence-corrected chi connectivity index (χ0v) is 19.5. The summed E-state index contributed by atoms with van der Waals surface area (Å²) in [6, 6.07) is 15.6. The summed E-state index contributed by atoms with van der Waals surface area (Å²) in [6.07, 6.45) is 0. The summed E-state index contributed by atoms with van der Waals surface area (Å²) < 4.78 is 12.7. The van der Waals surface area contributed by atoms with Crippen molar-refractivity contribution >= 4 is 40.3 Å². The molecule has 8 nitrogen and oxygen atoms in total. The zero-order chi connectivity index (χ0) is 23.7. The van der Waals surface area contributed by atoms with Gasteiger partial charge < -0.3 is 14.4 Å². The lowest BCUT2D eigenvalue weighted by Gasteiger charge is -2.26. The number of hydrogen-bond acceptors (Lipinski definition) is 5. The van der Waals surface area contributed by atoms with Gasteiger partial charge in [0.2, 0.25) is 5.88 Å². The third-order valence-corrected chi connectivity index (χ3v) is 6.30. The SMILES string of the molecule is O=C(c1ccc(Oc2ccc3c(n2)[nH]c(=O)n3Cc2ccc(Cl)c(Cl)c2)cc1)N1CCOCC1. The molecule has 0 unspecified atom stereocenters. The maximum atomic E-state index is 12.6. The number of morpholine rings is 1. The van der Waals surface area contributed by atoms with Gasteiger partial charge in [-0.3, -0.25) is 14.3 Å². The number of pyridine rings is 1. The van der Waals surface area contributed by atoms with Gasteiger partial charge >= 0.3 is 5.69 Å². The van der Waals surface area contributed by atoms with Crippen molar-refractivity contribution in [1.82, 2.24) is 19.4 Å². The summed E-state index contributed by atoms with van der Waals surface area (Å²) in [7, 11) is 0. The number of hydrogen-bond donors (Lipinski definition) is 1. The fourth-order valence-electron chi connectivity index (χ4n) is 3.79. The van der Waals surface area contributed by atoms with Crippen molar-refractivity contribution in [2.45, 2.75) is 6.54 Å². The van der Waals surface area contributed by atoms with Crippen molar-refractivity contribution in [2.24, 2.45) is 0 Å². The Morgan fingerprint density at radius 3 is 2.53 bits per heavy atom. The number of nitrogens with zero attached hydrogens (tertiary/aromatic N) is 3. The van der Waals surface area contributed by atoms with Gasteiger partial charge in [0.1, 0.15) is 5.75 Å². The molecule has 1 N–H and O–H groups in total. The second-order valence-electron chi connectivity index (χ2n) is 7.81. The van der Waals surface area contributed by atoms with E-state index in [4.69, 9.17) is 32.7 Å². The Morgan fingerprint density at radius 2 is 1.79 bits per heavy atom. The first-order valence-corrected chi connectivity index (χ1v) is 11.4. The van der Waals surface area contributed by atoms with E-state index < -0.39 is 0 Å². The Hall–Kier alpha value is -3.33. The Morgan fingerprint density at radius 1 is 1.03 bits per heavy atom. The maximum absolute atomic E-state index is 12.6. The van der Waals surface area contributed by atoms with Gasteiger partial charge in [-0.25, -0.2) is 4.79 Å². The van der Waals surface area contributed by atoms with Crippen LogP contribution in [0.1, 0.15) is 15.9 Å². The average Bonchev–Trinajstić information content (AvgIpc) is 3.16.